The molecule has 2 nitrogen and oxygen atoms in total. The van der Waals surface area contributed by atoms with Gasteiger partial charge in [-0.15, -0.1) is 0 Å². The Labute approximate surface area is 133 Å². The lowest BCUT2D eigenvalue weighted by Gasteiger charge is -2.08. The first-order valence-corrected chi connectivity index (χ1v) is 7.42. The van der Waals surface area contributed by atoms with Crippen molar-refractivity contribution >= 4 is 39.8 Å². The molecular formula is C17H14Cl2N2. The van der Waals surface area contributed by atoms with Crippen LogP contribution < -0.4 is 5.32 Å². The average molecular weight is 317 g/mol. The van der Waals surface area contributed by atoms with Crippen molar-refractivity contribution in [1.29, 1.82) is 0 Å². The summed E-state index contributed by atoms with van der Waals surface area (Å²) in [7, 11) is 0. The number of fused-ring (bicyclic) bond motifs is 1. The minimum Gasteiger partial charge on any atom is -0.381 e. The van der Waals surface area contributed by atoms with Crippen molar-refractivity contribution < 1.29 is 0 Å². The Bertz CT molecular complexity index is 780. The lowest BCUT2D eigenvalue weighted by atomic mass is 10.1. The predicted molar refractivity (Wildman–Crippen MR) is 90.3 cm³/mol. The van der Waals surface area contributed by atoms with Gasteiger partial charge >= 0.3 is 0 Å². The maximum atomic E-state index is 5.99. The summed E-state index contributed by atoms with van der Waals surface area (Å²) in [5, 5.41) is 5.73. The Morgan fingerprint density at radius 2 is 1.71 bits per heavy atom. The smallest absolute Gasteiger partial charge is 0.0705 e. The molecule has 0 aliphatic carbocycles. The monoisotopic (exact) mass is 316 g/mol. The van der Waals surface area contributed by atoms with E-state index in [4.69, 9.17) is 23.2 Å². The summed E-state index contributed by atoms with van der Waals surface area (Å²) in [5.41, 5.74) is 4.14. The van der Waals surface area contributed by atoms with Crippen LogP contribution in [0.4, 0.5) is 5.69 Å². The van der Waals surface area contributed by atoms with Crippen LogP contribution in [0.3, 0.4) is 0 Å². The zero-order valence-electron chi connectivity index (χ0n) is 11.5. The molecular weight excluding hydrogens is 303 g/mol. The first-order valence-electron chi connectivity index (χ1n) is 6.66. The van der Waals surface area contributed by atoms with Crippen molar-refractivity contribution in [2.45, 2.75) is 13.5 Å². The van der Waals surface area contributed by atoms with E-state index < -0.39 is 0 Å². The number of rotatable bonds is 3. The molecule has 1 heterocycles. The van der Waals surface area contributed by atoms with Gasteiger partial charge in [0.15, 0.2) is 0 Å². The van der Waals surface area contributed by atoms with Crippen LogP contribution in [0.25, 0.3) is 10.9 Å². The third kappa shape index (κ3) is 3.46. The second kappa shape index (κ2) is 5.92. The number of hydrogen-bond donors (Lipinski definition) is 1. The number of nitrogens with zero attached hydrogens (tertiary/aromatic N) is 1. The standard InChI is InChI=1S/C17H14Cl2N2/c1-11-2-4-13-6-12(3-5-17(13)21-11)10-20-16-8-14(18)7-15(19)9-16/h2-9,20H,10H2,1H3. The molecule has 0 atom stereocenters. The number of benzene rings is 2. The SMILES string of the molecule is Cc1ccc2cc(CNc3cc(Cl)cc(Cl)c3)ccc2n1. The van der Waals surface area contributed by atoms with E-state index in [0.717, 1.165) is 22.3 Å². The van der Waals surface area contributed by atoms with Crippen LogP contribution in [0, 0.1) is 6.92 Å². The minimum absolute atomic E-state index is 0.628. The van der Waals surface area contributed by atoms with E-state index >= 15 is 0 Å². The van der Waals surface area contributed by atoms with Crippen LogP contribution in [0.1, 0.15) is 11.3 Å². The molecule has 2 aromatic carbocycles. The predicted octanol–water partition coefficient (Wildman–Crippen LogP) is 5.46. The normalized spacial score (nSPS) is 10.8. The molecule has 3 rings (SSSR count). The van der Waals surface area contributed by atoms with Crippen LogP contribution in [0.2, 0.25) is 10.0 Å². The second-order valence-corrected chi connectivity index (χ2v) is 5.86. The van der Waals surface area contributed by atoms with Crippen molar-refractivity contribution in [3.63, 3.8) is 0 Å². The highest BCUT2D eigenvalue weighted by atomic mass is 35.5. The average Bonchev–Trinajstić information content (AvgIpc) is 2.44. The molecule has 3 aromatic rings. The van der Waals surface area contributed by atoms with E-state index in [-0.39, 0.29) is 0 Å². The molecule has 0 aliphatic rings. The highest BCUT2D eigenvalue weighted by Gasteiger charge is 2.01. The lowest BCUT2D eigenvalue weighted by molar-refractivity contribution is 1.15. The number of aromatic nitrogens is 1. The Morgan fingerprint density at radius 1 is 0.952 bits per heavy atom. The summed E-state index contributed by atoms with van der Waals surface area (Å²) in [4.78, 5) is 4.50. The van der Waals surface area contributed by atoms with Crippen molar-refractivity contribution in [3.8, 4) is 0 Å². The largest absolute Gasteiger partial charge is 0.381 e. The van der Waals surface area contributed by atoms with E-state index in [1.807, 2.05) is 31.2 Å². The third-order valence-corrected chi connectivity index (χ3v) is 3.69. The maximum Gasteiger partial charge on any atom is 0.0705 e. The highest BCUT2D eigenvalue weighted by molar-refractivity contribution is 6.35. The molecule has 0 radical (unpaired) electrons. The van der Waals surface area contributed by atoms with Crippen LogP contribution >= 0.6 is 23.2 Å². The zero-order valence-corrected chi connectivity index (χ0v) is 13.0. The van der Waals surface area contributed by atoms with E-state index in [0.29, 0.717) is 16.6 Å². The van der Waals surface area contributed by atoms with Gasteiger partial charge in [0.1, 0.15) is 0 Å². The van der Waals surface area contributed by atoms with Crippen LogP contribution in [-0.4, -0.2) is 4.98 Å². The molecule has 21 heavy (non-hydrogen) atoms. The van der Waals surface area contributed by atoms with Gasteiger partial charge in [0.2, 0.25) is 0 Å². The van der Waals surface area contributed by atoms with Gasteiger partial charge in [-0.1, -0.05) is 35.3 Å². The van der Waals surface area contributed by atoms with Gasteiger partial charge in [0.05, 0.1) is 5.52 Å². The highest BCUT2D eigenvalue weighted by Crippen LogP contribution is 2.23. The van der Waals surface area contributed by atoms with Gasteiger partial charge in [0, 0.05) is 33.4 Å². The maximum absolute atomic E-state index is 5.99. The molecule has 0 amide bonds. The molecule has 0 spiro atoms. The quantitative estimate of drug-likeness (QED) is 0.693. The Kier molecular flexibility index (Phi) is 4.00. The molecule has 4 heteroatoms. The molecule has 0 fully saturated rings. The molecule has 106 valence electrons. The minimum atomic E-state index is 0.628. The number of pyridine rings is 1. The summed E-state index contributed by atoms with van der Waals surface area (Å²) in [6.45, 7) is 2.71. The summed E-state index contributed by atoms with van der Waals surface area (Å²) in [6.07, 6.45) is 0. The number of nitrogens with one attached hydrogen (secondary N) is 1. The van der Waals surface area contributed by atoms with Crippen molar-refractivity contribution in [3.05, 3.63) is 69.8 Å². The topological polar surface area (TPSA) is 24.9 Å². The molecule has 0 unspecified atom stereocenters. The summed E-state index contributed by atoms with van der Waals surface area (Å²) in [5.74, 6) is 0. The molecule has 0 aliphatic heterocycles. The van der Waals surface area contributed by atoms with Gasteiger partial charge in [0.25, 0.3) is 0 Å². The first-order chi connectivity index (χ1) is 10.1. The molecule has 0 saturated carbocycles. The number of hydrogen-bond acceptors (Lipinski definition) is 2. The molecule has 0 saturated heterocycles. The van der Waals surface area contributed by atoms with Crippen molar-refractivity contribution in [2.24, 2.45) is 0 Å². The van der Waals surface area contributed by atoms with E-state index in [2.05, 4.69) is 28.5 Å². The van der Waals surface area contributed by atoms with Crippen LogP contribution in [0.5, 0.6) is 0 Å². The fourth-order valence-corrected chi connectivity index (χ4v) is 2.77. The fourth-order valence-electron chi connectivity index (χ4n) is 2.25. The molecule has 0 bridgehead atoms. The van der Waals surface area contributed by atoms with Gasteiger partial charge in [-0.3, -0.25) is 4.98 Å². The summed E-state index contributed by atoms with van der Waals surface area (Å²) < 4.78 is 0. The molecule has 1 aromatic heterocycles. The van der Waals surface area contributed by atoms with Gasteiger partial charge in [-0.05, 0) is 48.9 Å². The first kappa shape index (κ1) is 14.2. The lowest BCUT2D eigenvalue weighted by Crippen LogP contribution is -1.99. The summed E-state index contributed by atoms with van der Waals surface area (Å²) in [6, 6.07) is 15.8. The van der Waals surface area contributed by atoms with Crippen molar-refractivity contribution in [2.75, 3.05) is 5.32 Å². The van der Waals surface area contributed by atoms with Crippen LogP contribution in [-0.2, 0) is 6.54 Å². The number of aryl methyl sites for hydroxylation is 1. The Morgan fingerprint density at radius 3 is 2.48 bits per heavy atom. The van der Waals surface area contributed by atoms with Crippen molar-refractivity contribution in [1.82, 2.24) is 4.98 Å². The zero-order chi connectivity index (χ0) is 14.8. The fraction of sp³-hybridized carbons (Fsp3) is 0.118. The molecule has 1 N–H and O–H groups in total. The van der Waals surface area contributed by atoms with Crippen LogP contribution in [0.15, 0.2) is 48.5 Å². The summed E-state index contributed by atoms with van der Waals surface area (Å²) >= 11 is 12.0. The number of anilines is 1. The Balaban J connectivity index is 1.80. The van der Waals surface area contributed by atoms with E-state index in [9.17, 15) is 0 Å². The van der Waals surface area contributed by atoms with Gasteiger partial charge in [-0.25, -0.2) is 0 Å². The third-order valence-electron chi connectivity index (χ3n) is 3.25. The Hall–Kier alpha value is -1.77. The second-order valence-electron chi connectivity index (χ2n) is 4.99. The van der Waals surface area contributed by atoms with Gasteiger partial charge < -0.3 is 5.32 Å². The van der Waals surface area contributed by atoms with E-state index in [1.54, 1.807) is 6.07 Å². The van der Waals surface area contributed by atoms with Gasteiger partial charge in [-0.2, -0.15) is 0 Å². The van der Waals surface area contributed by atoms with E-state index in [1.165, 1.54) is 5.56 Å². The number of halogens is 2.